The molecular formula is C8H11N3O2. The van der Waals surface area contributed by atoms with Gasteiger partial charge in [-0.15, -0.1) is 0 Å². The van der Waals surface area contributed by atoms with Gasteiger partial charge < -0.3 is 15.1 Å². The largest absolute Gasteiger partial charge is 0.447 e. The molecule has 5 nitrogen and oxygen atoms in total. The summed E-state index contributed by atoms with van der Waals surface area (Å²) in [5.41, 5.74) is 0. The van der Waals surface area contributed by atoms with Gasteiger partial charge in [-0.1, -0.05) is 0 Å². The Balaban J connectivity index is 2.09. The molecule has 13 heavy (non-hydrogen) atoms. The summed E-state index contributed by atoms with van der Waals surface area (Å²) in [6.07, 6.45) is 3.42. The number of carbonyl (C=O) groups is 1. The van der Waals surface area contributed by atoms with E-state index in [9.17, 15) is 4.79 Å². The van der Waals surface area contributed by atoms with Crippen LogP contribution in [0.3, 0.4) is 0 Å². The zero-order valence-corrected chi connectivity index (χ0v) is 7.12. The molecule has 0 spiro atoms. The molecule has 0 saturated carbocycles. The van der Waals surface area contributed by atoms with Crippen LogP contribution < -0.4 is 10.6 Å². The third-order valence-corrected chi connectivity index (χ3v) is 2.02. The lowest BCUT2D eigenvalue weighted by atomic mass is 10.1. The molecular weight excluding hydrogens is 170 g/mol. The van der Waals surface area contributed by atoms with Gasteiger partial charge in [-0.05, 0) is 0 Å². The molecule has 1 aliphatic heterocycles. The second kappa shape index (κ2) is 3.57. The maximum absolute atomic E-state index is 11.2. The van der Waals surface area contributed by atoms with E-state index in [0.29, 0.717) is 13.0 Å². The second-order valence-corrected chi connectivity index (χ2v) is 2.96. The molecule has 0 bridgehead atoms. The first-order valence-electron chi connectivity index (χ1n) is 4.25. The predicted octanol–water partition coefficient (Wildman–Crippen LogP) is -0.175. The highest BCUT2D eigenvalue weighted by Gasteiger charge is 2.20. The van der Waals surface area contributed by atoms with Gasteiger partial charge in [0.15, 0.2) is 6.39 Å². The molecule has 1 aliphatic rings. The third-order valence-electron chi connectivity index (χ3n) is 2.02. The Labute approximate surface area is 75.5 Å². The molecule has 0 aliphatic carbocycles. The lowest BCUT2D eigenvalue weighted by Crippen LogP contribution is -2.24. The highest BCUT2D eigenvalue weighted by Crippen LogP contribution is 2.16. The minimum atomic E-state index is -0.0370. The fraction of sp³-hybridized carbons (Fsp3) is 0.500. The van der Waals surface area contributed by atoms with Crippen molar-refractivity contribution in [3.63, 3.8) is 0 Å². The smallest absolute Gasteiger partial charge is 0.222 e. The monoisotopic (exact) mass is 181 g/mol. The number of nitrogens with zero attached hydrogens (tertiary/aromatic N) is 1. The van der Waals surface area contributed by atoms with Crippen molar-refractivity contribution in [2.75, 3.05) is 13.1 Å². The van der Waals surface area contributed by atoms with Crippen LogP contribution >= 0.6 is 0 Å². The predicted molar refractivity (Wildman–Crippen MR) is 44.9 cm³/mol. The van der Waals surface area contributed by atoms with Crippen LogP contribution in [0.15, 0.2) is 17.0 Å². The molecule has 2 rings (SSSR count). The number of carbonyl (C=O) groups excluding carboxylic acids is 1. The zero-order chi connectivity index (χ0) is 9.10. The first-order valence-corrected chi connectivity index (χ1v) is 4.25. The summed E-state index contributed by atoms with van der Waals surface area (Å²) < 4.78 is 5.12. The summed E-state index contributed by atoms with van der Waals surface area (Å²) in [6, 6.07) is -0.0370. The van der Waals surface area contributed by atoms with Crippen LogP contribution in [0.5, 0.6) is 0 Å². The number of oxazole rings is 1. The molecule has 0 radical (unpaired) electrons. The minimum absolute atomic E-state index is 0.0370. The molecule has 0 aromatic carbocycles. The lowest BCUT2D eigenvalue weighted by Gasteiger charge is -2.09. The third kappa shape index (κ3) is 1.86. The molecule has 2 heterocycles. The van der Waals surface area contributed by atoms with E-state index in [1.165, 1.54) is 6.39 Å². The van der Waals surface area contributed by atoms with Gasteiger partial charge in [-0.25, -0.2) is 4.98 Å². The molecule has 1 unspecified atom stereocenters. The number of amides is 1. The van der Waals surface area contributed by atoms with Crippen molar-refractivity contribution >= 4 is 5.91 Å². The standard InChI is InChI=1S/C8H11N3O2/c12-8-3-6(10-1-2-11-8)7-4-9-5-13-7/h4-6,10H,1-3H2,(H,11,12). The van der Waals surface area contributed by atoms with Crippen molar-refractivity contribution in [3.8, 4) is 0 Å². The van der Waals surface area contributed by atoms with Crippen molar-refractivity contribution in [2.24, 2.45) is 0 Å². The highest BCUT2D eigenvalue weighted by atomic mass is 16.3. The summed E-state index contributed by atoms with van der Waals surface area (Å²) in [6.45, 7) is 1.43. The van der Waals surface area contributed by atoms with Crippen LogP contribution in [0, 0.1) is 0 Å². The number of nitrogens with one attached hydrogen (secondary N) is 2. The highest BCUT2D eigenvalue weighted by molar-refractivity contribution is 5.76. The van der Waals surface area contributed by atoms with Crippen LogP contribution in [-0.2, 0) is 4.79 Å². The van der Waals surface area contributed by atoms with Crippen molar-refractivity contribution in [1.82, 2.24) is 15.6 Å². The lowest BCUT2D eigenvalue weighted by molar-refractivity contribution is -0.121. The van der Waals surface area contributed by atoms with Crippen LogP contribution in [0.1, 0.15) is 18.2 Å². The summed E-state index contributed by atoms with van der Waals surface area (Å²) >= 11 is 0. The fourth-order valence-corrected chi connectivity index (χ4v) is 1.38. The van der Waals surface area contributed by atoms with Gasteiger partial charge in [0.2, 0.25) is 5.91 Å². The van der Waals surface area contributed by atoms with E-state index in [2.05, 4.69) is 15.6 Å². The van der Waals surface area contributed by atoms with E-state index in [4.69, 9.17) is 4.42 Å². The fourth-order valence-electron chi connectivity index (χ4n) is 1.38. The quantitative estimate of drug-likeness (QED) is 0.631. The Hall–Kier alpha value is -1.36. The Morgan fingerprint density at radius 2 is 2.46 bits per heavy atom. The minimum Gasteiger partial charge on any atom is -0.447 e. The van der Waals surface area contributed by atoms with E-state index in [-0.39, 0.29) is 11.9 Å². The van der Waals surface area contributed by atoms with Crippen LogP contribution in [0.25, 0.3) is 0 Å². The van der Waals surface area contributed by atoms with Crippen LogP contribution in [0.4, 0.5) is 0 Å². The molecule has 1 aromatic rings. The SMILES string of the molecule is O=C1CC(c2cnco2)NCCN1. The average molecular weight is 181 g/mol. The van der Waals surface area contributed by atoms with Gasteiger partial charge in [0, 0.05) is 19.5 Å². The molecule has 5 heteroatoms. The van der Waals surface area contributed by atoms with Crippen LogP contribution in [0.2, 0.25) is 0 Å². The first kappa shape index (κ1) is 8.25. The van der Waals surface area contributed by atoms with E-state index in [1.54, 1.807) is 6.20 Å². The normalized spacial score (nSPS) is 23.7. The van der Waals surface area contributed by atoms with Crippen molar-refractivity contribution in [2.45, 2.75) is 12.5 Å². The Kier molecular flexibility index (Phi) is 2.27. The number of hydrogen-bond donors (Lipinski definition) is 2. The molecule has 1 amide bonds. The Morgan fingerprint density at radius 1 is 1.54 bits per heavy atom. The molecule has 1 saturated heterocycles. The first-order chi connectivity index (χ1) is 6.36. The maximum atomic E-state index is 11.2. The van der Waals surface area contributed by atoms with Gasteiger partial charge in [0.1, 0.15) is 5.76 Å². The van der Waals surface area contributed by atoms with E-state index < -0.39 is 0 Å². The molecule has 1 fully saturated rings. The van der Waals surface area contributed by atoms with Gasteiger partial charge in [0.05, 0.1) is 12.2 Å². The second-order valence-electron chi connectivity index (χ2n) is 2.96. The molecule has 70 valence electrons. The topological polar surface area (TPSA) is 67.2 Å². The molecule has 2 N–H and O–H groups in total. The summed E-state index contributed by atoms with van der Waals surface area (Å²) in [7, 11) is 0. The van der Waals surface area contributed by atoms with Gasteiger partial charge in [0.25, 0.3) is 0 Å². The van der Waals surface area contributed by atoms with E-state index in [0.717, 1.165) is 12.3 Å². The summed E-state index contributed by atoms with van der Waals surface area (Å²) in [5, 5.41) is 5.97. The van der Waals surface area contributed by atoms with Gasteiger partial charge >= 0.3 is 0 Å². The molecule has 1 atom stereocenters. The van der Waals surface area contributed by atoms with Gasteiger partial charge in [-0.2, -0.15) is 0 Å². The Bertz CT molecular complexity index is 284. The average Bonchev–Trinajstić information content (AvgIpc) is 2.56. The zero-order valence-electron chi connectivity index (χ0n) is 7.12. The van der Waals surface area contributed by atoms with E-state index >= 15 is 0 Å². The van der Waals surface area contributed by atoms with Crippen molar-refractivity contribution in [1.29, 1.82) is 0 Å². The number of rotatable bonds is 1. The maximum Gasteiger partial charge on any atom is 0.222 e. The van der Waals surface area contributed by atoms with Gasteiger partial charge in [-0.3, -0.25) is 4.79 Å². The number of aromatic nitrogens is 1. The van der Waals surface area contributed by atoms with E-state index in [1.807, 2.05) is 0 Å². The number of hydrogen-bond acceptors (Lipinski definition) is 4. The summed E-state index contributed by atoms with van der Waals surface area (Å²) in [4.78, 5) is 15.0. The van der Waals surface area contributed by atoms with Crippen molar-refractivity contribution < 1.29 is 9.21 Å². The summed E-state index contributed by atoms with van der Waals surface area (Å²) in [5.74, 6) is 0.767. The van der Waals surface area contributed by atoms with Crippen LogP contribution in [-0.4, -0.2) is 24.0 Å². The molecule has 1 aromatic heterocycles. The van der Waals surface area contributed by atoms with Crippen molar-refractivity contribution in [3.05, 3.63) is 18.4 Å². The Morgan fingerprint density at radius 3 is 3.23 bits per heavy atom.